The van der Waals surface area contributed by atoms with Crippen LogP contribution in [0.3, 0.4) is 0 Å². The topological polar surface area (TPSA) is 6.48 Å². The fraction of sp³-hybridized carbons (Fsp3) is 0. The molecule has 0 amide bonds. The second-order valence-electron chi connectivity index (χ2n) is 14.1. The normalized spacial score (nSPS) is 11.6. The molecule has 2 heterocycles. The maximum atomic E-state index is 2.46. The van der Waals surface area contributed by atoms with Crippen molar-refractivity contribution in [1.29, 1.82) is 0 Å². The van der Waals surface area contributed by atoms with Crippen LogP contribution in [0.4, 0.5) is 34.1 Å². The van der Waals surface area contributed by atoms with Gasteiger partial charge in [-0.1, -0.05) is 133 Å². The standard InChI is InChI=1S/C52H34N2S2/c1-4-15-35(16-5-1)36-27-29-40(30-28-36)53(38-18-6-2-7-19-38)46-25-14-24-43-45-34-41(31-32-49(45)55-51(43)46)54(39-20-8-3-9-21-39)47-33-37-17-10-11-22-42(37)52-50(47)44-23-12-13-26-48(44)56-52/h1-34H. The third-order valence-electron chi connectivity index (χ3n) is 10.8. The first-order valence-electron chi connectivity index (χ1n) is 18.9. The van der Waals surface area contributed by atoms with Crippen molar-refractivity contribution in [2.24, 2.45) is 0 Å². The summed E-state index contributed by atoms with van der Waals surface area (Å²) in [6.45, 7) is 0. The third kappa shape index (κ3) is 5.45. The van der Waals surface area contributed by atoms with Gasteiger partial charge in [0.1, 0.15) is 0 Å². The quantitative estimate of drug-likeness (QED) is 0.160. The van der Waals surface area contributed by atoms with E-state index in [0.29, 0.717) is 0 Å². The minimum atomic E-state index is 1.13. The summed E-state index contributed by atoms with van der Waals surface area (Å²) < 4.78 is 5.16. The van der Waals surface area contributed by atoms with Crippen LogP contribution < -0.4 is 9.80 Å². The highest BCUT2D eigenvalue weighted by Crippen LogP contribution is 2.50. The SMILES string of the molecule is c1ccc(-c2ccc(N(c3ccccc3)c3cccc4c3sc3ccc(N(c5ccccc5)c5cc6ccccc6c6sc7ccccc7c56)cc34)cc2)cc1. The molecule has 0 N–H and O–H groups in total. The lowest BCUT2D eigenvalue weighted by atomic mass is 10.0. The van der Waals surface area contributed by atoms with Crippen molar-refractivity contribution in [1.82, 2.24) is 0 Å². The van der Waals surface area contributed by atoms with Gasteiger partial charge >= 0.3 is 0 Å². The van der Waals surface area contributed by atoms with Gasteiger partial charge in [-0.25, -0.2) is 0 Å². The van der Waals surface area contributed by atoms with Crippen LogP contribution in [0.5, 0.6) is 0 Å². The van der Waals surface area contributed by atoms with Crippen LogP contribution in [-0.2, 0) is 0 Å². The molecule has 0 unspecified atom stereocenters. The number of fused-ring (bicyclic) bond motifs is 8. The van der Waals surface area contributed by atoms with E-state index >= 15 is 0 Å². The Kier molecular flexibility index (Phi) is 7.90. The van der Waals surface area contributed by atoms with Gasteiger partial charge in [0.2, 0.25) is 0 Å². The van der Waals surface area contributed by atoms with E-state index in [0.717, 1.165) is 22.7 Å². The van der Waals surface area contributed by atoms with Gasteiger partial charge in [-0.15, -0.1) is 22.7 Å². The van der Waals surface area contributed by atoms with Crippen molar-refractivity contribution in [2.45, 2.75) is 0 Å². The Morgan fingerprint density at radius 3 is 1.59 bits per heavy atom. The molecule has 0 saturated carbocycles. The maximum Gasteiger partial charge on any atom is 0.0640 e. The van der Waals surface area contributed by atoms with Gasteiger partial charge in [-0.2, -0.15) is 0 Å². The van der Waals surface area contributed by atoms with Crippen LogP contribution >= 0.6 is 22.7 Å². The number of hydrogen-bond acceptors (Lipinski definition) is 4. The van der Waals surface area contributed by atoms with Gasteiger partial charge < -0.3 is 9.80 Å². The van der Waals surface area contributed by atoms with E-state index in [1.807, 2.05) is 22.7 Å². The highest BCUT2D eigenvalue weighted by Gasteiger charge is 2.23. The Morgan fingerprint density at radius 2 is 0.839 bits per heavy atom. The smallest absolute Gasteiger partial charge is 0.0640 e. The van der Waals surface area contributed by atoms with E-state index in [9.17, 15) is 0 Å². The lowest BCUT2D eigenvalue weighted by molar-refractivity contribution is 1.30. The van der Waals surface area contributed by atoms with Gasteiger partial charge in [-0.3, -0.25) is 0 Å². The van der Waals surface area contributed by atoms with Crippen LogP contribution in [0.25, 0.3) is 62.2 Å². The monoisotopic (exact) mass is 750 g/mol. The molecule has 264 valence electrons. The van der Waals surface area contributed by atoms with E-state index in [-0.39, 0.29) is 0 Å². The van der Waals surface area contributed by atoms with Crippen molar-refractivity contribution in [3.63, 3.8) is 0 Å². The second kappa shape index (κ2) is 13.5. The molecule has 0 aliphatic rings. The highest BCUT2D eigenvalue weighted by molar-refractivity contribution is 7.27. The maximum absolute atomic E-state index is 2.46. The number of anilines is 6. The molecule has 0 spiro atoms. The molecule has 0 saturated heterocycles. The fourth-order valence-electron chi connectivity index (χ4n) is 8.24. The number of rotatable bonds is 7. The average Bonchev–Trinajstić information content (AvgIpc) is 3.85. The van der Waals surface area contributed by atoms with Crippen LogP contribution in [0.15, 0.2) is 206 Å². The van der Waals surface area contributed by atoms with Gasteiger partial charge in [-0.05, 0) is 94.7 Å². The minimum Gasteiger partial charge on any atom is -0.310 e. The van der Waals surface area contributed by atoms with Crippen LogP contribution in [0.1, 0.15) is 0 Å². The summed E-state index contributed by atoms with van der Waals surface area (Å²) in [4.78, 5) is 4.86. The predicted molar refractivity (Wildman–Crippen MR) is 245 cm³/mol. The summed E-state index contributed by atoms with van der Waals surface area (Å²) in [5.41, 5.74) is 9.31. The second-order valence-corrected chi connectivity index (χ2v) is 16.2. The molecule has 0 fully saturated rings. The van der Waals surface area contributed by atoms with Crippen LogP contribution in [0.2, 0.25) is 0 Å². The third-order valence-corrected chi connectivity index (χ3v) is 13.2. The zero-order chi connectivity index (χ0) is 37.0. The minimum absolute atomic E-state index is 1.13. The Morgan fingerprint density at radius 1 is 0.304 bits per heavy atom. The lowest BCUT2D eigenvalue weighted by Crippen LogP contribution is -2.10. The molecule has 0 bridgehead atoms. The molecular formula is C52H34N2S2. The van der Waals surface area contributed by atoms with Crippen LogP contribution in [-0.4, -0.2) is 0 Å². The Hall–Kier alpha value is -6.72. The van der Waals surface area contributed by atoms with Crippen molar-refractivity contribution >= 4 is 108 Å². The predicted octanol–water partition coefficient (Wildman–Crippen LogP) is 16.2. The van der Waals surface area contributed by atoms with E-state index in [1.54, 1.807) is 0 Å². The van der Waals surface area contributed by atoms with E-state index in [2.05, 4.69) is 216 Å². The highest BCUT2D eigenvalue weighted by atomic mass is 32.1. The van der Waals surface area contributed by atoms with Gasteiger partial charge in [0.15, 0.2) is 0 Å². The Bertz CT molecular complexity index is 3190. The fourth-order valence-corrected chi connectivity index (χ4v) is 10.7. The molecule has 2 nitrogen and oxygen atoms in total. The molecular weight excluding hydrogens is 717 g/mol. The van der Waals surface area contributed by atoms with Gasteiger partial charge in [0, 0.05) is 58.4 Å². The molecule has 11 rings (SSSR count). The summed E-state index contributed by atoms with van der Waals surface area (Å²) in [5.74, 6) is 0. The number of thiophene rings is 2. The van der Waals surface area contributed by atoms with Crippen molar-refractivity contribution in [3.05, 3.63) is 206 Å². The number of para-hydroxylation sites is 2. The molecule has 56 heavy (non-hydrogen) atoms. The summed E-state index contributed by atoms with van der Waals surface area (Å²) in [6.07, 6.45) is 0. The zero-order valence-electron chi connectivity index (χ0n) is 30.3. The van der Waals surface area contributed by atoms with Crippen molar-refractivity contribution in [2.75, 3.05) is 9.80 Å². The first-order chi connectivity index (χ1) is 27.8. The number of hydrogen-bond donors (Lipinski definition) is 0. The van der Waals surface area contributed by atoms with Crippen molar-refractivity contribution < 1.29 is 0 Å². The number of nitrogens with zero attached hydrogens (tertiary/aromatic N) is 2. The first kappa shape index (κ1) is 32.7. The summed E-state index contributed by atoms with van der Waals surface area (Å²) in [6, 6.07) is 75.0. The number of benzene rings is 9. The summed E-state index contributed by atoms with van der Waals surface area (Å²) in [5, 5.41) is 7.63. The molecule has 4 heteroatoms. The van der Waals surface area contributed by atoms with E-state index < -0.39 is 0 Å². The zero-order valence-corrected chi connectivity index (χ0v) is 32.0. The summed E-state index contributed by atoms with van der Waals surface area (Å²) >= 11 is 3.76. The molecule has 9 aromatic carbocycles. The van der Waals surface area contributed by atoms with Gasteiger partial charge in [0.25, 0.3) is 0 Å². The van der Waals surface area contributed by atoms with Crippen molar-refractivity contribution in [3.8, 4) is 11.1 Å². The summed E-state index contributed by atoms with van der Waals surface area (Å²) in [7, 11) is 0. The molecule has 0 radical (unpaired) electrons. The largest absolute Gasteiger partial charge is 0.310 e. The van der Waals surface area contributed by atoms with Crippen LogP contribution in [0, 0.1) is 0 Å². The average molecular weight is 751 g/mol. The molecule has 0 atom stereocenters. The van der Waals surface area contributed by atoms with Gasteiger partial charge in [0.05, 0.1) is 16.1 Å². The molecule has 0 aliphatic heterocycles. The van der Waals surface area contributed by atoms with E-state index in [4.69, 9.17) is 0 Å². The lowest BCUT2D eigenvalue weighted by Gasteiger charge is -2.27. The first-order valence-corrected chi connectivity index (χ1v) is 20.6. The Balaban J connectivity index is 1.11. The molecule has 11 aromatic rings. The molecule has 2 aromatic heterocycles. The Labute approximate surface area is 333 Å². The van der Waals surface area contributed by atoms with E-state index in [1.165, 1.54) is 73.6 Å². The molecule has 0 aliphatic carbocycles.